The molecular formula is C28H28N2O5. The molecule has 35 heavy (non-hydrogen) atoms. The molecule has 0 radical (unpaired) electrons. The van der Waals surface area contributed by atoms with E-state index in [0.717, 1.165) is 0 Å². The maximum Gasteiger partial charge on any atom is 0.407 e. The Morgan fingerprint density at radius 1 is 0.857 bits per heavy atom. The first-order chi connectivity index (χ1) is 17.0. The summed E-state index contributed by atoms with van der Waals surface area (Å²) in [6, 6.07) is 23.2. The van der Waals surface area contributed by atoms with E-state index in [1.165, 1.54) is 22.3 Å². The van der Waals surface area contributed by atoms with Gasteiger partial charge in [0.25, 0.3) is 0 Å². The van der Waals surface area contributed by atoms with Crippen molar-refractivity contribution in [2.75, 3.05) is 18.5 Å². The maximum atomic E-state index is 12.2. The molecule has 4 rings (SSSR count). The molecule has 0 saturated carbocycles. The zero-order valence-electron chi connectivity index (χ0n) is 19.3. The summed E-state index contributed by atoms with van der Waals surface area (Å²) in [5, 5.41) is 14.4. The van der Waals surface area contributed by atoms with Crippen LogP contribution in [0.1, 0.15) is 41.9 Å². The van der Waals surface area contributed by atoms with Gasteiger partial charge in [0, 0.05) is 24.6 Å². The molecule has 0 bridgehead atoms. The van der Waals surface area contributed by atoms with Gasteiger partial charge in [-0.1, -0.05) is 60.7 Å². The predicted octanol–water partition coefficient (Wildman–Crippen LogP) is 4.96. The molecule has 0 heterocycles. The molecule has 0 saturated heterocycles. The lowest BCUT2D eigenvalue weighted by Gasteiger charge is -2.14. The largest absolute Gasteiger partial charge is 0.481 e. The fourth-order valence-corrected chi connectivity index (χ4v) is 4.41. The molecule has 1 aliphatic carbocycles. The smallest absolute Gasteiger partial charge is 0.407 e. The highest BCUT2D eigenvalue weighted by Gasteiger charge is 2.28. The highest BCUT2D eigenvalue weighted by Crippen LogP contribution is 2.44. The van der Waals surface area contributed by atoms with Gasteiger partial charge in [-0.05, 0) is 52.8 Å². The SMILES string of the molecule is O=C(O)Cc1cccc(NC(=O)CCCCNC(=O)OCC2c3ccccc3-c3ccccc32)c1. The van der Waals surface area contributed by atoms with Crippen molar-refractivity contribution in [3.8, 4) is 11.1 Å². The average Bonchev–Trinajstić information content (AvgIpc) is 3.16. The summed E-state index contributed by atoms with van der Waals surface area (Å²) in [5.41, 5.74) is 5.91. The molecule has 3 N–H and O–H groups in total. The fourth-order valence-electron chi connectivity index (χ4n) is 4.41. The van der Waals surface area contributed by atoms with Crippen LogP contribution in [0.2, 0.25) is 0 Å². The monoisotopic (exact) mass is 472 g/mol. The lowest BCUT2D eigenvalue weighted by molar-refractivity contribution is -0.136. The molecule has 7 heteroatoms. The van der Waals surface area contributed by atoms with Gasteiger partial charge in [0.05, 0.1) is 6.42 Å². The number of anilines is 1. The van der Waals surface area contributed by atoms with Crippen molar-refractivity contribution < 1.29 is 24.2 Å². The summed E-state index contributed by atoms with van der Waals surface area (Å²) in [6.07, 6.45) is 0.980. The normalized spacial score (nSPS) is 11.9. The number of benzene rings is 3. The molecule has 0 aliphatic heterocycles. The Labute approximate surface area is 204 Å². The maximum absolute atomic E-state index is 12.2. The number of aliphatic carboxylic acids is 1. The standard InChI is InChI=1S/C28H28N2O5/c31-26(30-20-9-7-8-19(16-20)17-27(32)33)14-5-6-15-29-28(34)35-18-25-23-12-3-1-10-21(23)22-11-2-4-13-24(22)25/h1-4,7-13,16,25H,5-6,14-15,17-18H2,(H,29,34)(H,30,31)(H,32,33). The Balaban J connectivity index is 1.16. The van der Waals surface area contributed by atoms with E-state index in [9.17, 15) is 14.4 Å². The second-order valence-electron chi connectivity index (χ2n) is 8.53. The van der Waals surface area contributed by atoms with E-state index in [4.69, 9.17) is 9.84 Å². The molecule has 0 atom stereocenters. The van der Waals surface area contributed by atoms with Crippen molar-refractivity contribution in [2.45, 2.75) is 31.6 Å². The number of carboxylic acid groups (broad SMARTS) is 1. The Morgan fingerprint density at radius 3 is 2.23 bits per heavy atom. The van der Waals surface area contributed by atoms with Crippen molar-refractivity contribution in [3.63, 3.8) is 0 Å². The molecule has 7 nitrogen and oxygen atoms in total. The summed E-state index contributed by atoms with van der Waals surface area (Å²) in [6.45, 7) is 0.682. The summed E-state index contributed by atoms with van der Waals surface area (Å²) in [4.78, 5) is 35.2. The fraction of sp³-hybridized carbons (Fsp3) is 0.250. The van der Waals surface area contributed by atoms with E-state index in [0.29, 0.717) is 37.1 Å². The molecular weight excluding hydrogens is 444 g/mol. The quantitative estimate of drug-likeness (QED) is 0.362. The summed E-state index contributed by atoms with van der Waals surface area (Å²) >= 11 is 0. The van der Waals surface area contributed by atoms with E-state index in [-0.39, 0.29) is 24.9 Å². The molecule has 3 aromatic rings. The third kappa shape index (κ3) is 6.26. The number of carbonyl (C=O) groups excluding carboxylic acids is 2. The second kappa shape index (κ2) is 11.3. The van der Waals surface area contributed by atoms with Gasteiger partial charge in [-0.2, -0.15) is 0 Å². The van der Waals surface area contributed by atoms with Gasteiger partial charge in [-0.25, -0.2) is 4.79 Å². The first kappa shape index (κ1) is 24.0. The summed E-state index contributed by atoms with van der Waals surface area (Å²) < 4.78 is 5.51. The van der Waals surface area contributed by atoms with Crippen LogP contribution in [0, 0.1) is 0 Å². The number of hydrogen-bond donors (Lipinski definition) is 3. The van der Waals surface area contributed by atoms with Crippen LogP contribution in [-0.4, -0.2) is 36.2 Å². The Kier molecular flexibility index (Phi) is 7.77. The number of nitrogens with one attached hydrogen (secondary N) is 2. The highest BCUT2D eigenvalue weighted by molar-refractivity contribution is 5.90. The highest BCUT2D eigenvalue weighted by atomic mass is 16.5. The lowest BCUT2D eigenvalue weighted by atomic mass is 9.98. The topological polar surface area (TPSA) is 105 Å². The van der Waals surface area contributed by atoms with Crippen LogP contribution in [0.15, 0.2) is 72.8 Å². The van der Waals surface area contributed by atoms with Crippen LogP contribution in [-0.2, 0) is 20.7 Å². The molecule has 0 unspecified atom stereocenters. The van der Waals surface area contributed by atoms with Crippen LogP contribution < -0.4 is 10.6 Å². The molecule has 0 aromatic heterocycles. The Hall–Kier alpha value is -4.13. The minimum Gasteiger partial charge on any atom is -0.481 e. The molecule has 0 spiro atoms. The minimum atomic E-state index is -0.919. The van der Waals surface area contributed by atoms with Gasteiger partial charge in [-0.15, -0.1) is 0 Å². The predicted molar refractivity (Wildman–Crippen MR) is 133 cm³/mol. The van der Waals surface area contributed by atoms with Crippen molar-refractivity contribution >= 4 is 23.7 Å². The zero-order valence-corrected chi connectivity index (χ0v) is 19.3. The molecule has 2 amide bonds. The molecule has 3 aromatic carbocycles. The Morgan fingerprint density at radius 2 is 1.54 bits per heavy atom. The number of alkyl carbamates (subject to hydrolysis) is 1. The van der Waals surface area contributed by atoms with E-state index in [1.807, 2.05) is 24.3 Å². The number of amides is 2. The van der Waals surface area contributed by atoms with Crippen LogP contribution in [0.25, 0.3) is 11.1 Å². The van der Waals surface area contributed by atoms with Crippen LogP contribution in [0.5, 0.6) is 0 Å². The van der Waals surface area contributed by atoms with Crippen LogP contribution in [0.3, 0.4) is 0 Å². The van der Waals surface area contributed by atoms with Gasteiger partial charge in [0.1, 0.15) is 6.61 Å². The van der Waals surface area contributed by atoms with Gasteiger partial charge in [-0.3, -0.25) is 9.59 Å². The van der Waals surface area contributed by atoms with Crippen molar-refractivity contribution in [3.05, 3.63) is 89.5 Å². The molecule has 180 valence electrons. The summed E-state index contributed by atoms with van der Waals surface area (Å²) in [7, 11) is 0. The number of carboxylic acids is 1. The lowest BCUT2D eigenvalue weighted by Crippen LogP contribution is -2.27. The van der Waals surface area contributed by atoms with Gasteiger partial charge < -0.3 is 20.5 Å². The number of fused-ring (bicyclic) bond motifs is 3. The first-order valence-electron chi connectivity index (χ1n) is 11.7. The van der Waals surface area contributed by atoms with Gasteiger partial charge >= 0.3 is 12.1 Å². The van der Waals surface area contributed by atoms with Gasteiger partial charge in [0.2, 0.25) is 5.91 Å². The van der Waals surface area contributed by atoms with Crippen LogP contribution in [0.4, 0.5) is 10.5 Å². The summed E-state index contributed by atoms with van der Waals surface area (Å²) in [5.74, 6) is -1.05. The number of hydrogen-bond acceptors (Lipinski definition) is 4. The third-order valence-corrected chi connectivity index (χ3v) is 6.01. The number of unbranched alkanes of at least 4 members (excludes halogenated alkanes) is 1. The van der Waals surface area contributed by atoms with E-state index >= 15 is 0 Å². The van der Waals surface area contributed by atoms with Gasteiger partial charge in [0.15, 0.2) is 0 Å². The Bertz CT molecular complexity index is 1180. The van der Waals surface area contributed by atoms with Crippen molar-refractivity contribution in [2.24, 2.45) is 0 Å². The van der Waals surface area contributed by atoms with Crippen molar-refractivity contribution in [1.82, 2.24) is 5.32 Å². The number of rotatable bonds is 10. The number of ether oxygens (including phenoxy) is 1. The molecule has 1 aliphatic rings. The second-order valence-corrected chi connectivity index (χ2v) is 8.53. The van der Waals surface area contributed by atoms with E-state index < -0.39 is 12.1 Å². The van der Waals surface area contributed by atoms with E-state index in [2.05, 4.69) is 34.9 Å². The number of carbonyl (C=O) groups is 3. The molecule has 0 fully saturated rings. The third-order valence-electron chi connectivity index (χ3n) is 6.01. The minimum absolute atomic E-state index is 0.0193. The zero-order chi connectivity index (χ0) is 24.6. The average molecular weight is 473 g/mol. The van der Waals surface area contributed by atoms with Crippen molar-refractivity contribution in [1.29, 1.82) is 0 Å². The van der Waals surface area contributed by atoms with E-state index in [1.54, 1.807) is 24.3 Å². The van der Waals surface area contributed by atoms with Crippen LogP contribution >= 0.6 is 0 Å². The first-order valence-corrected chi connectivity index (χ1v) is 11.7.